The Bertz CT molecular complexity index is 633. The summed E-state index contributed by atoms with van der Waals surface area (Å²) < 4.78 is 1.65. The van der Waals surface area contributed by atoms with Crippen LogP contribution in [0.4, 0.5) is 10.5 Å². The molecule has 0 aliphatic carbocycles. The van der Waals surface area contributed by atoms with Crippen LogP contribution in [0.15, 0.2) is 12.4 Å². The lowest BCUT2D eigenvalue weighted by Crippen LogP contribution is -2.33. The first kappa shape index (κ1) is 15.5. The van der Waals surface area contributed by atoms with Gasteiger partial charge in [-0.25, -0.2) is 9.78 Å². The Kier molecular flexibility index (Phi) is 4.62. The average molecular weight is 307 g/mol. The van der Waals surface area contributed by atoms with Crippen LogP contribution in [0.3, 0.4) is 0 Å². The summed E-state index contributed by atoms with van der Waals surface area (Å²) in [5, 5.41) is 7.98. The first-order valence-corrected chi connectivity index (χ1v) is 7.72. The van der Waals surface area contributed by atoms with Crippen LogP contribution in [0.2, 0.25) is 0 Å². The van der Waals surface area contributed by atoms with E-state index in [-0.39, 0.29) is 12.1 Å². The predicted octanol–water partition coefficient (Wildman–Crippen LogP) is 2.97. The fraction of sp³-hybridized carbons (Fsp3) is 0.500. The van der Waals surface area contributed by atoms with Gasteiger partial charge in [0, 0.05) is 25.2 Å². The van der Waals surface area contributed by atoms with E-state index in [1.165, 1.54) is 0 Å². The normalized spacial score (nSPS) is 12.2. The van der Waals surface area contributed by atoms with Gasteiger partial charge in [0.1, 0.15) is 0 Å². The quantitative estimate of drug-likeness (QED) is 0.944. The van der Waals surface area contributed by atoms with Gasteiger partial charge in [-0.15, -0.1) is 11.3 Å². The third kappa shape index (κ3) is 3.41. The van der Waals surface area contributed by atoms with Crippen LogP contribution in [0.25, 0.3) is 0 Å². The van der Waals surface area contributed by atoms with Gasteiger partial charge in [0.25, 0.3) is 0 Å². The molecule has 0 aromatic carbocycles. The van der Waals surface area contributed by atoms with E-state index in [4.69, 9.17) is 0 Å². The number of hydrogen-bond acceptors (Lipinski definition) is 4. The second kappa shape index (κ2) is 6.26. The van der Waals surface area contributed by atoms with Gasteiger partial charge in [0.2, 0.25) is 0 Å². The Morgan fingerprint density at radius 1 is 1.57 bits per heavy atom. The van der Waals surface area contributed by atoms with Gasteiger partial charge in [-0.05, 0) is 20.3 Å². The molecular formula is C14H21N5OS. The molecule has 2 amide bonds. The SMILES string of the molecule is CCc1nc(C)c([C@H](C)N(C)C(=O)Nc2cnn(C)c2)s1. The molecule has 1 atom stereocenters. The van der Waals surface area contributed by atoms with E-state index in [2.05, 4.69) is 22.3 Å². The summed E-state index contributed by atoms with van der Waals surface area (Å²) >= 11 is 1.67. The molecule has 0 radical (unpaired) electrons. The van der Waals surface area contributed by atoms with Gasteiger partial charge >= 0.3 is 6.03 Å². The monoisotopic (exact) mass is 307 g/mol. The topological polar surface area (TPSA) is 63.1 Å². The lowest BCUT2D eigenvalue weighted by molar-refractivity contribution is 0.209. The van der Waals surface area contributed by atoms with E-state index in [1.807, 2.05) is 20.9 Å². The largest absolute Gasteiger partial charge is 0.322 e. The van der Waals surface area contributed by atoms with E-state index in [1.54, 1.807) is 40.4 Å². The van der Waals surface area contributed by atoms with Crippen molar-refractivity contribution < 1.29 is 4.79 Å². The molecule has 6 nitrogen and oxygen atoms in total. The Balaban J connectivity index is 2.08. The van der Waals surface area contributed by atoms with E-state index < -0.39 is 0 Å². The second-order valence-corrected chi connectivity index (χ2v) is 6.15. The fourth-order valence-corrected chi connectivity index (χ4v) is 3.16. The Hall–Kier alpha value is -1.89. The fourth-order valence-electron chi connectivity index (χ4n) is 2.05. The number of amides is 2. The van der Waals surface area contributed by atoms with Crippen LogP contribution >= 0.6 is 11.3 Å². The van der Waals surface area contributed by atoms with Gasteiger partial charge in [-0.3, -0.25) is 4.68 Å². The Morgan fingerprint density at radius 3 is 2.81 bits per heavy atom. The zero-order chi connectivity index (χ0) is 15.6. The van der Waals surface area contributed by atoms with E-state index in [0.29, 0.717) is 5.69 Å². The summed E-state index contributed by atoms with van der Waals surface area (Å²) in [6.07, 6.45) is 4.32. The number of aromatic nitrogens is 3. The molecule has 0 aliphatic heterocycles. The number of nitrogens with one attached hydrogen (secondary N) is 1. The van der Waals surface area contributed by atoms with E-state index >= 15 is 0 Å². The maximum Gasteiger partial charge on any atom is 0.322 e. The molecule has 0 saturated heterocycles. The van der Waals surface area contributed by atoms with Crippen LogP contribution in [0.5, 0.6) is 0 Å². The summed E-state index contributed by atoms with van der Waals surface area (Å²) in [6, 6.07) is -0.166. The van der Waals surface area contributed by atoms with Crippen LogP contribution in [0.1, 0.15) is 35.5 Å². The molecule has 2 aromatic rings. The number of urea groups is 1. The highest BCUT2D eigenvalue weighted by atomic mass is 32.1. The molecule has 2 rings (SSSR count). The van der Waals surface area contributed by atoms with Crippen molar-refractivity contribution in [1.29, 1.82) is 0 Å². The summed E-state index contributed by atoms with van der Waals surface area (Å²) in [4.78, 5) is 19.6. The van der Waals surface area contributed by atoms with Gasteiger partial charge in [-0.1, -0.05) is 6.92 Å². The molecule has 0 unspecified atom stereocenters. The summed E-state index contributed by atoms with van der Waals surface area (Å²) in [5.41, 5.74) is 1.70. The zero-order valence-electron chi connectivity index (χ0n) is 13.0. The number of thiazole rings is 1. The molecule has 2 aromatic heterocycles. The molecule has 1 N–H and O–H groups in total. The highest BCUT2D eigenvalue weighted by molar-refractivity contribution is 7.11. The number of anilines is 1. The average Bonchev–Trinajstić information content (AvgIpc) is 3.03. The third-order valence-corrected chi connectivity index (χ3v) is 4.89. The summed E-state index contributed by atoms with van der Waals surface area (Å²) in [5.74, 6) is 0. The minimum absolute atomic E-state index is 0.0144. The predicted molar refractivity (Wildman–Crippen MR) is 84.6 cm³/mol. The molecule has 0 saturated carbocycles. The van der Waals surface area contributed by atoms with Gasteiger partial charge < -0.3 is 10.2 Å². The summed E-state index contributed by atoms with van der Waals surface area (Å²) in [6.45, 7) is 6.10. The van der Waals surface area contributed by atoms with E-state index in [0.717, 1.165) is 22.0 Å². The molecule has 0 spiro atoms. The van der Waals surface area contributed by atoms with Crippen molar-refractivity contribution in [2.45, 2.75) is 33.2 Å². The van der Waals surface area contributed by atoms with Crippen LogP contribution < -0.4 is 5.32 Å². The molecule has 7 heteroatoms. The molecule has 21 heavy (non-hydrogen) atoms. The van der Waals surface area contributed by atoms with Crippen molar-refractivity contribution in [2.24, 2.45) is 7.05 Å². The third-order valence-electron chi connectivity index (χ3n) is 3.42. The standard InChI is InChI=1S/C14H21N5OS/c1-6-12-16-9(2)13(21-12)10(3)19(5)14(20)17-11-7-15-18(4)8-11/h7-8,10H,6H2,1-5H3,(H,17,20)/t10-/m0/s1. The number of aryl methyl sites for hydroxylation is 3. The minimum Gasteiger partial charge on any atom is -0.320 e. The molecule has 0 bridgehead atoms. The van der Waals surface area contributed by atoms with Gasteiger partial charge in [0.05, 0.1) is 28.6 Å². The molecular weight excluding hydrogens is 286 g/mol. The summed E-state index contributed by atoms with van der Waals surface area (Å²) in [7, 11) is 3.61. The zero-order valence-corrected chi connectivity index (χ0v) is 13.9. The van der Waals surface area contributed by atoms with Crippen molar-refractivity contribution in [3.8, 4) is 0 Å². The number of hydrogen-bond donors (Lipinski definition) is 1. The maximum atomic E-state index is 12.3. The van der Waals surface area contributed by atoms with Crippen molar-refractivity contribution >= 4 is 23.1 Å². The first-order valence-electron chi connectivity index (χ1n) is 6.91. The smallest absolute Gasteiger partial charge is 0.320 e. The minimum atomic E-state index is -0.152. The van der Waals surface area contributed by atoms with Crippen molar-refractivity contribution in [1.82, 2.24) is 19.7 Å². The number of carbonyl (C=O) groups excluding carboxylic acids is 1. The molecule has 2 heterocycles. The molecule has 0 fully saturated rings. The Morgan fingerprint density at radius 2 is 2.29 bits per heavy atom. The Labute approximate surface area is 128 Å². The number of nitrogens with zero attached hydrogens (tertiary/aromatic N) is 4. The van der Waals surface area contributed by atoms with Crippen LogP contribution in [0, 0.1) is 6.92 Å². The molecule has 0 aliphatic rings. The highest BCUT2D eigenvalue weighted by Crippen LogP contribution is 2.29. The second-order valence-electron chi connectivity index (χ2n) is 5.03. The number of carbonyl (C=O) groups is 1. The highest BCUT2D eigenvalue weighted by Gasteiger charge is 2.22. The van der Waals surface area contributed by atoms with Crippen molar-refractivity contribution in [2.75, 3.05) is 12.4 Å². The van der Waals surface area contributed by atoms with Crippen molar-refractivity contribution in [3.05, 3.63) is 28.0 Å². The van der Waals surface area contributed by atoms with Gasteiger partial charge in [-0.2, -0.15) is 5.10 Å². The van der Waals surface area contributed by atoms with E-state index in [9.17, 15) is 4.79 Å². The molecule has 114 valence electrons. The first-order chi connectivity index (χ1) is 9.92. The van der Waals surface area contributed by atoms with Gasteiger partial charge in [0.15, 0.2) is 0 Å². The number of rotatable bonds is 4. The van der Waals surface area contributed by atoms with Crippen molar-refractivity contribution in [3.63, 3.8) is 0 Å². The van der Waals surface area contributed by atoms with Crippen LogP contribution in [-0.2, 0) is 13.5 Å². The van der Waals surface area contributed by atoms with Crippen LogP contribution in [-0.4, -0.2) is 32.7 Å². The maximum absolute atomic E-state index is 12.3. The lowest BCUT2D eigenvalue weighted by atomic mass is 10.2. The lowest BCUT2D eigenvalue weighted by Gasteiger charge is -2.24.